The van der Waals surface area contributed by atoms with Crippen molar-refractivity contribution in [3.63, 3.8) is 0 Å². The van der Waals surface area contributed by atoms with Gasteiger partial charge in [-0.3, -0.25) is 0 Å². The van der Waals surface area contributed by atoms with Crippen molar-refractivity contribution in [1.29, 1.82) is 0 Å². The quantitative estimate of drug-likeness (QED) is 0.408. The number of aryl methyl sites for hydroxylation is 2. The summed E-state index contributed by atoms with van der Waals surface area (Å²) < 4.78 is 29.3. The van der Waals surface area contributed by atoms with Crippen LogP contribution in [0.25, 0.3) is 11.1 Å². The highest BCUT2D eigenvalue weighted by Crippen LogP contribution is 2.39. The van der Waals surface area contributed by atoms with E-state index in [0.717, 1.165) is 29.9 Å². The molecule has 0 unspecified atom stereocenters. The van der Waals surface area contributed by atoms with Gasteiger partial charge in [0, 0.05) is 5.56 Å². The Bertz CT molecular complexity index is 830. The molecule has 1 saturated carbocycles. The third kappa shape index (κ3) is 3.77. The van der Waals surface area contributed by atoms with Gasteiger partial charge in [-0.1, -0.05) is 25.8 Å². The Hall–Kier alpha value is -1.90. The van der Waals surface area contributed by atoms with Crippen LogP contribution in [-0.4, -0.2) is 5.16 Å². The van der Waals surface area contributed by atoms with Gasteiger partial charge in [0.15, 0.2) is 5.82 Å². The van der Waals surface area contributed by atoms with Gasteiger partial charge in [-0.2, -0.15) is 4.99 Å². The summed E-state index contributed by atoms with van der Waals surface area (Å²) in [6.07, 6.45) is 4.60. The molecule has 1 aliphatic carbocycles. The molecule has 0 N–H and O–H groups in total. The van der Waals surface area contributed by atoms with E-state index in [1.807, 2.05) is 6.92 Å². The molecule has 1 nitrogen and oxygen atoms in total. The average Bonchev–Trinajstić information content (AvgIpc) is 2.58. The molecule has 0 saturated heterocycles. The zero-order chi connectivity index (χ0) is 18.8. The minimum absolute atomic E-state index is 0.162. The Morgan fingerprint density at radius 3 is 2.23 bits per heavy atom. The molecule has 0 aromatic heterocycles. The van der Waals surface area contributed by atoms with Gasteiger partial charge in [0.05, 0.1) is 5.16 Å². The number of rotatable bonds is 3. The van der Waals surface area contributed by atoms with E-state index in [1.54, 1.807) is 19.1 Å². The second kappa shape index (κ2) is 7.77. The van der Waals surface area contributed by atoms with E-state index in [4.69, 9.17) is 0 Å². The van der Waals surface area contributed by atoms with Crippen LogP contribution in [0.4, 0.5) is 14.5 Å². The first-order valence-corrected chi connectivity index (χ1v) is 9.50. The van der Waals surface area contributed by atoms with Gasteiger partial charge in [0.25, 0.3) is 0 Å². The van der Waals surface area contributed by atoms with Crippen molar-refractivity contribution >= 4 is 23.1 Å². The first-order chi connectivity index (χ1) is 12.4. The Morgan fingerprint density at radius 1 is 0.962 bits per heavy atom. The summed E-state index contributed by atoms with van der Waals surface area (Å²) in [5.41, 5.74) is 3.66. The second-order valence-corrected chi connectivity index (χ2v) is 7.66. The van der Waals surface area contributed by atoms with Crippen LogP contribution < -0.4 is 0 Å². The van der Waals surface area contributed by atoms with Crippen LogP contribution in [0.15, 0.2) is 29.3 Å². The maximum atomic E-state index is 15.0. The molecule has 2 aromatic rings. The van der Waals surface area contributed by atoms with Crippen LogP contribution >= 0.6 is 12.2 Å². The summed E-state index contributed by atoms with van der Waals surface area (Å²) in [6.45, 7) is 5.91. The number of halogens is 2. The van der Waals surface area contributed by atoms with Gasteiger partial charge in [-0.05, 0) is 91.2 Å². The van der Waals surface area contributed by atoms with Crippen LogP contribution in [0.2, 0.25) is 0 Å². The van der Waals surface area contributed by atoms with E-state index in [9.17, 15) is 8.78 Å². The minimum atomic E-state index is -0.513. The maximum Gasteiger partial charge on any atom is 0.150 e. The zero-order valence-corrected chi connectivity index (χ0v) is 16.2. The Kier molecular flexibility index (Phi) is 5.64. The lowest BCUT2D eigenvalue weighted by Crippen LogP contribution is -2.11. The van der Waals surface area contributed by atoms with Crippen LogP contribution in [0.3, 0.4) is 0 Å². The third-order valence-electron chi connectivity index (χ3n) is 5.50. The molecular formula is C22H23F2NS. The molecule has 0 heterocycles. The summed E-state index contributed by atoms with van der Waals surface area (Å²) in [5, 5.41) is 2.19. The minimum Gasteiger partial charge on any atom is -0.206 e. The fourth-order valence-corrected chi connectivity index (χ4v) is 4.12. The van der Waals surface area contributed by atoms with Crippen LogP contribution in [0.5, 0.6) is 0 Å². The number of hydrogen-bond donors (Lipinski definition) is 0. The number of isothiocyanates is 1. The highest BCUT2D eigenvalue weighted by atomic mass is 32.1. The first kappa shape index (κ1) is 18.9. The van der Waals surface area contributed by atoms with Gasteiger partial charge < -0.3 is 0 Å². The van der Waals surface area contributed by atoms with Crippen molar-refractivity contribution in [3.8, 4) is 11.1 Å². The fourth-order valence-electron chi connectivity index (χ4n) is 4.03. The third-order valence-corrected chi connectivity index (χ3v) is 5.59. The molecule has 2 aromatic carbocycles. The highest BCUT2D eigenvalue weighted by molar-refractivity contribution is 7.78. The van der Waals surface area contributed by atoms with Gasteiger partial charge in [-0.25, -0.2) is 8.78 Å². The Morgan fingerprint density at radius 2 is 1.65 bits per heavy atom. The van der Waals surface area contributed by atoms with E-state index < -0.39 is 5.82 Å². The highest BCUT2D eigenvalue weighted by Gasteiger charge is 2.22. The summed E-state index contributed by atoms with van der Waals surface area (Å²) in [5.74, 6) is 0.382. The maximum absolute atomic E-state index is 15.0. The van der Waals surface area contributed by atoms with E-state index in [0.29, 0.717) is 22.6 Å². The summed E-state index contributed by atoms with van der Waals surface area (Å²) in [6, 6.07) is 6.78. The molecule has 0 radical (unpaired) electrons. The molecule has 0 amide bonds. The van der Waals surface area contributed by atoms with Crippen molar-refractivity contribution in [2.45, 2.75) is 52.4 Å². The molecule has 4 heteroatoms. The van der Waals surface area contributed by atoms with Gasteiger partial charge in [0.1, 0.15) is 11.5 Å². The smallest absolute Gasteiger partial charge is 0.150 e. The van der Waals surface area contributed by atoms with E-state index >= 15 is 0 Å². The molecular weight excluding hydrogens is 348 g/mol. The molecule has 0 atom stereocenters. The summed E-state index contributed by atoms with van der Waals surface area (Å²) in [4.78, 5) is 3.76. The lowest BCUT2D eigenvalue weighted by atomic mass is 9.78. The summed E-state index contributed by atoms with van der Waals surface area (Å²) in [7, 11) is 0. The monoisotopic (exact) mass is 371 g/mol. The second-order valence-electron chi connectivity index (χ2n) is 7.48. The van der Waals surface area contributed by atoms with Gasteiger partial charge in [0.2, 0.25) is 0 Å². The van der Waals surface area contributed by atoms with Crippen molar-refractivity contribution < 1.29 is 8.78 Å². The van der Waals surface area contributed by atoms with Crippen LogP contribution in [-0.2, 0) is 0 Å². The largest absolute Gasteiger partial charge is 0.206 e. The molecule has 1 aliphatic rings. The number of hydrogen-bond acceptors (Lipinski definition) is 2. The van der Waals surface area contributed by atoms with Crippen molar-refractivity contribution in [1.82, 2.24) is 0 Å². The molecule has 3 rings (SSSR count). The average molecular weight is 371 g/mol. The van der Waals surface area contributed by atoms with E-state index in [1.165, 1.54) is 18.9 Å². The lowest BCUT2D eigenvalue weighted by molar-refractivity contribution is 0.347. The molecule has 0 spiro atoms. The SMILES string of the molecule is Cc1cc(-c2c(C)cc(C3CCC(C)CC3)cc2F)cc(F)c1N=C=S. The number of aliphatic imine (C=N–C) groups is 1. The molecule has 0 bridgehead atoms. The number of thiocarbonyl (C=S) groups is 1. The number of nitrogens with zero attached hydrogens (tertiary/aromatic N) is 1. The topological polar surface area (TPSA) is 12.4 Å². The van der Waals surface area contributed by atoms with E-state index in [-0.39, 0.29) is 11.5 Å². The zero-order valence-electron chi connectivity index (χ0n) is 15.4. The Balaban J connectivity index is 2.00. The van der Waals surface area contributed by atoms with Crippen molar-refractivity contribution in [3.05, 3.63) is 52.6 Å². The standard InChI is InChI=1S/C22H23F2NS/c1-13-4-6-16(7-5-13)17-8-14(2)21(19(23)10-17)18-9-15(3)22(25-12-26)20(24)11-18/h8-11,13,16H,4-7H2,1-3H3. The predicted molar refractivity (Wildman–Crippen MR) is 106 cm³/mol. The van der Waals surface area contributed by atoms with Gasteiger partial charge >= 0.3 is 0 Å². The van der Waals surface area contributed by atoms with Crippen molar-refractivity contribution in [2.75, 3.05) is 0 Å². The summed E-state index contributed by atoms with van der Waals surface area (Å²) >= 11 is 4.56. The van der Waals surface area contributed by atoms with Crippen LogP contribution in [0.1, 0.15) is 55.2 Å². The van der Waals surface area contributed by atoms with Crippen molar-refractivity contribution in [2.24, 2.45) is 10.9 Å². The van der Waals surface area contributed by atoms with E-state index in [2.05, 4.69) is 35.4 Å². The van der Waals surface area contributed by atoms with Gasteiger partial charge in [-0.15, -0.1) is 0 Å². The fraction of sp³-hybridized carbons (Fsp3) is 0.409. The predicted octanol–water partition coefficient (Wildman–Crippen LogP) is 7.28. The normalized spacial score (nSPS) is 19.9. The first-order valence-electron chi connectivity index (χ1n) is 9.09. The lowest BCUT2D eigenvalue weighted by Gasteiger charge is -2.27. The molecule has 0 aliphatic heterocycles. The molecule has 1 fully saturated rings. The molecule has 26 heavy (non-hydrogen) atoms. The Labute approximate surface area is 159 Å². The number of benzene rings is 2. The van der Waals surface area contributed by atoms with Crippen LogP contribution in [0, 0.1) is 31.4 Å². The molecule has 136 valence electrons.